The lowest BCUT2D eigenvalue weighted by Crippen LogP contribution is -2.28. The molecular weight excluding hydrogens is 336 g/mol. The van der Waals surface area contributed by atoms with Crippen molar-refractivity contribution in [2.45, 2.75) is 19.5 Å². The second kappa shape index (κ2) is 9.93. The topological polar surface area (TPSA) is 68.2 Å². The van der Waals surface area contributed by atoms with Gasteiger partial charge in [0.05, 0.1) is 6.54 Å². The molecule has 0 bridgehead atoms. The molecule has 1 heterocycles. The summed E-state index contributed by atoms with van der Waals surface area (Å²) in [6, 6.07) is 20.5. The highest BCUT2D eigenvalue weighted by Gasteiger charge is 2.12. The standard InChI is InChI=1S/C19H22N4O.ClH/c20-11-12-23(14-17-9-5-2-6-10-17)15-19-21-18(22-24-19)13-16-7-3-1-4-8-16;/h1-10H,11-15,20H2;1H. The molecule has 0 spiro atoms. The zero-order chi connectivity index (χ0) is 16.6. The molecule has 1 aromatic heterocycles. The van der Waals surface area contributed by atoms with Gasteiger partial charge in [0.25, 0.3) is 0 Å². The van der Waals surface area contributed by atoms with E-state index in [0.717, 1.165) is 13.1 Å². The number of hydrogen-bond acceptors (Lipinski definition) is 5. The van der Waals surface area contributed by atoms with Gasteiger partial charge in [-0.2, -0.15) is 4.98 Å². The summed E-state index contributed by atoms with van der Waals surface area (Å²) in [5.41, 5.74) is 8.16. The highest BCUT2D eigenvalue weighted by Crippen LogP contribution is 2.10. The van der Waals surface area contributed by atoms with Crippen LogP contribution in [0.5, 0.6) is 0 Å². The first-order valence-electron chi connectivity index (χ1n) is 8.15. The molecule has 0 amide bonds. The number of hydrogen-bond donors (Lipinski definition) is 1. The first-order chi connectivity index (χ1) is 11.8. The summed E-state index contributed by atoms with van der Waals surface area (Å²) in [6.07, 6.45) is 0.680. The smallest absolute Gasteiger partial charge is 0.240 e. The highest BCUT2D eigenvalue weighted by molar-refractivity contribution is 5.85. The zero-order valence-corrected chi connectivity index (χ0v) is 14.9. The molecule has 0 saturated carbocycles. The first-order valence-corrected chi connectivity index (χ1v) is 8.15. The molecule has 0 aliphatic rings. The van der Waals surface area contributed by atoms with Crippen LogP contribution in [0.15, 0.2) is 65.2 Å². The van der Waals surface area contributed by atoms with Crippen LogP contribution in [0.4, 0.5) is 0 Å². The Morgan fingerprint density at radius 2 is 1.52 bits per heavy atom. The van der Waals surface area contributed by atoms with Gasteiger partial charge in [-0.1, -0.05) is 65.8 Å². The van der Waals surface area contributed by atoms with E-state index in [-0.39, 0.29) is 12.4 Å². The van der Waals surface area contributed by atoms with Gasteiger partial charge in [0.15, 0.2) is 5.82 Å². The molecule has 0 fully saturated rings. The van der Waals surface area contributed by atoms with Crippen molar-refractivity contribution < 1.29 is 4.52 Å². The summed E-state index contributed by atoms with van der Waals surface area (Å²) in [5.74, 6) is 1.34. The lowest BCUT2D eigenvalue weighted by molar-refractivity contribution is 0.224. The molecule has 5 nitrogen and oxygen atoms in total. The Balaban J connectivity index is 0.00000225. The molecule has 3 aromatic rings. The maximum atomic E-state index is 5.74. The summed E-state index contributed by atoms with van der Waals surface area (Å²) in [5, 5.41) is 4.09. The fourth-order valence-corrected chi connectivity index (χ4v) is 2.63. The van der Waals surface area contributed by atoms with Crippen LogP contribution < -0.4 is 5.73 Å². The zero-order valence-electron chi connectivity index (χ0n) is 14.0. The van der Waals surface area contributed by atoms with Gasteiger partial charge < -0.3 is 10.3 Å². The number of halogens is 1. The number of rotatable bonds is 8. The molecule has 132 valence electrons. The van der Waals surface area contributed by atoms with Gasteiger partial charge in [-0.3, -0.25) is 4.90 Å². The van der Waals surface area contributed by atoms with Crippen LogP contribution in [-0.2, 0) is 19.5 Å². The van der Waals surface area contributed by atoms with Crippen LogP contribution in [0.3, 0.4) is 0 Å². The summed E-state index contributed by atoms with van der Waals surface area (Å²) >= 11 is 0. The predicted octanol–water partition coefficient (Wildman–Crippen LogP) is 3.04. The van der Waals surface area contributed by atoms with Gasteiger partial charge in [-0.05, 0) is 11.1 Å². The van der Waals surface area contributed by atoms with Gasteiger partial charge in [-0.25, -0.2) is 0 Å². The highest BCUT2D eigenvalue weighted by atomic mass is 35.5. The van der Waals surface area contributed by atoms with Crippen molar-refractivity contribution in [2.75, 3.05) is 13.1 Å². The largest absolute Gasteiger partial charge is 0.338 e. The number of nitrogens with two attached hydrogens (primary N) is 1. The third-order valence-electron chi connectivity index (χ3n) is 3.77. The minimum Gasteiger partial charge on any atom is -0.338 e. The summed E-state index contributed by atoms with van der Waals surface area (Å²) in [7, 11) is 0. The fourth-order valence-electron chi connectivity index (χ4n) is 2.63. The van der Waals surface area contributed by atoms with E-state index in [9.17, 15) is 0 Å². The summed E-state index contributed by atoms with van der Waals surface area (Å²) < 4.78 is 5.41. The van der Waals surface area contributed by atoms with Gasteiger partial charge in [0.1, 0.15) is 0 Å². The van der Waals surface area contributed by atoms with Crippen LogP contribution in [-0.4, -0.2) is 28.1 Å². The van der Waals surface area contributed by atoms with E-state index in [1.165, 1.54) is 11.1 Å². The second-order valence-electron chi connectivity index (χ2n) is 5.75. The summed E-state index contributed by atoms with van der Waals surface area (Å²) in [4.78, 5) is 6.73. The Kier molecular flexibility index (Phi) is 7.60. The number of aromatic nitrogens is 2. The van der Waals surface area contributed by atoms with E-state index in [1.54, 1.807) is 0 Å². The van der Waals surface area contributed by atoms with Crippen molar-refractivity contribution in [3.8, 4) is 0 Å². The normalized spacial score (nSPS) is 10.6. The third kappa shape index (κ3) is 5.98. The average molecular weight is 359 g/mol. The molecule has 25 heavy (non-hydrogen) atoms. The van der Waals surface area contributed by atoms with E-state index in [1.807, 2.05) is 36.4 Å². The monoisotopic (exact) mass is 358 g/mol. The van der Waals surface area contributed by atoms with Crippen LogP contribution in [0, 0.1) is 0 Å². The molecule has 2 N–H and O–H groups in total. The molecule has 0 aliphatic heterocycles. The summed E-state index contributed by atoms with van der Waals surface area (Å²) in [6.45, 7) is 2.80. The lowest BCUT2D eigenvalue weighted by atomic mass is 10.1. The molecule has 2 aromatic carbocycles. The van der Waals surface area contributed by atoms with Crippen molar-refractivity contribution >= 4 is 12.4 Å². The van der Waals surface area contributed by atoms with Gasteiger partial charge in [0.2, 0.25) is 5.89 Å². The quantitative estimate of drug-likeness (QED) is 0.670. The van der Waals surface area contributed by atoms with E-state index >= 15 is 0 Å². The van der Waals surface area contributed by atoms with Gasteiger partial charge in [-0.15, -0.1) is 12.4 Å². The molecule has 0 saturated heterocycles. The second-order valence-corrected chi connectivity index (χ2v) is 5.75. The van der Waals surface area contributed by atoms with Gasteiger partial charge in [0, 0.05) is 26.1 Å². The van der Waals surface area contributed by atoms with E-state index in [2.05, 4.69) is 39.3 Å². The average Bonchev–Trinajstić information content (AvgIpc) is 3.04. The van der Waals surface area contributed by atoms with Crippen LogP contribution in [0.2, 0.25) is 0 Å². The minimum absolute atomic E-state index is 0. The Bertz CT molecular complexity index is 733. The minimum atomic E-state index is 0. The molecule has 3 rings (SSSR count). The first kappa shape index (κ1) is 19.1. The Morgan fingerprint density at radius 3 is 2.16 bits per heavy atom. The van der Waals surface area contributed by atoms with Crippen molar-refractivity contribution in [3.63, 3.8) is 0 Å². The molecule has 0 atom stereocenters. The van der Waals surface area contributed by atoms with Crippen molar-refractivity contribution in [3.05, 3.63) is 83.5 Å². The molecule has 0 radical (unpaired) electrons. The fraction of sp³-hybridized carbons (Fsp3) is 0.263. The van der Waals surface area contributed by atoms with Crippen LogP contribution in [0.1, 0.15) is 22.8 Å². The Morgan fingerprint density at radius 1 is 0.880 bits per heavy atom. The van der Waals surface area contributed by atoms with E-state index < -0.39 is 0 Å². The van der Waals surface area contributed by atoms with Crippen molar-refractivity contribution in [1.82, 2.24) is 15.0 Å². The van der Waals surface area contributed by atoms with Crippen LogP contribution >= 0.6 is 12.4 Å². The number of nitrogens with zero attached hydrogens (tertiary/aromatic N) is 3. The Hall–Kier alpha value is -2.21. The maximum absolute atomic E-state index is 5.74. The van der Waals surface area contributed by atoms with E-state index in [4.69, 9.17) is 10.3 Å². The SMILES string of the molecule is Cl.NCCN(Cc1ccccc1)Cc1nc(Cc2ccccc2)no1. The van der Waals surface area contributed by atoms with Crippen molar-refractivity contribution in [1.29, 1.82) is 0 Å². The maximum Gasteiger partial charge on any atom is 0.240 e. The third-order valence-corrected chi connectivity index (χ3v) is 3.77. The molecule has 0 aliphatic carbocycles. The van der Waals surface area contributed by atoms with Crippen LogP contribution in [0.25, 0.3) is 0 Å². The molecule has 6 heteroatoms. The predicted molar refractivity (Wildman–Crippen MR) is 100 cm³/mol. The lowest BCUT2D eigenvalue weighted by Gasteiger charge is -2.19. The number of benzene rings is 2. The Labute approximate surface area is 154 Å². The van der Waals surface area contributed by atoms with Gasteiger partial charge >= 0.3 is 0 Å². The van der Waals surface area contributed by atoms with E-state index in [0.29, 0.717) is 31.2 Å². The van der Waals surface area contributed by atoms with Crippen molar-refractivity contribution in [2.24, 2.45) is 5.73 Å². The molecule has 0 unspecified atom stereocenters. The molecular formula is C19H23ClN4O.